The average molecular weight is 317 g/mol. The first kappa shape index (κ1) is 17.6. The second-order valence-electron chi connectivity index (χ2n) is 6.44. The van der Waals surface area contributed by atoms with Gasteiger partial charge in [0.2, 0.25) is 5.91 Å². The number of nitrogens with zero attached hydrogens (tertiary/aromatic N) is 2. The van der Waals surface area contributed by atoms with Crippen LogP contribution >= 0.6 is 0 Å². The molecule has 1 aromatic rings. The summed E-state index contributed by atoms with van der Waals surface area (Å²) < 4.78 is 0. The number of benzene rings is 1. The van der Waals surface area contributed by atoms with Gasteiger partial charge in [0, 0.05) is 51.0 Å². The molecule has 1 aliphatic rings. The van der Waals surface area contributed by atoms with E-state index in [1.165, 1.54) is 38.0 Å². The minimum Gasteiger partial charge on any atom is -0.385 e. The third kappa shape index (κ3) is 5.77. The van der Waals surface area contributed by atoms with E-state index in [1.54, 1.807) is 0 Å². The molecule has 1 aliphatic heterocycles. The molecular weight excluding hydrogens is 286 g/mol. The second-order valence-corrected chi connectivity index (χ2v) is 6.44. The molecular formula is C19H31N3O. The Bertz CT molecular complexity index is 466. The number of hydrogen-bond donors (Lipinski definition) is 1. The zero-order valence-corrected chi connectivity index (χ0v) is 14.7. The van der Waals surface area contributed by atoms with Gasteiger partial charge >= 0.3 is 0 Å². The molecule has 0 unspecified atom stereocenters. The Kier molecular flexibility index (Phi) is 7.24. The molecule has 4 heteroatoms. The van der Waals surface area contributed by atoms with Crippen molar-refractivity contribution in [3.8, 4) is 0 Å². The topological polar surface area (TPSA) is 35.6 Å². The van der Waals surface area contributed by atoms with Gasteiger partial charge in [0.25, 0.3) is 0 Å². The van der Waals surface area contributed by atoms with E-state index in [2.05, 4.69) is 41.4 Å². The lowest BCUT2D eigenvalue weighted by molar-refractivity contribution is -0.129. The summed E-state index contributed by atoms with van der Waals surface area (Å²) in [5.74, 6) is 0.218. The highest BCUT2D eigenvalue weighted by Crippen LogP contribution is 2.21. The highest BCUT2D eigenvalue weighted by molar-refractivity contribution is 5.76. The molecule has 1 heterocycles. The van der Waals surface area contributed by atoms with Gasteiger partial charge < -0.3 is 15.1 Å². The fourth-order valence-electron chi connectivity index (χ4n) is 2.97. The molecule has 1 amide bonds. The van der Waals surface area contributed by atoms with E-state index < -0.39 is 0 Å². The van der Waals surface area contributed by atoms with Crippen molar-refractivity contribution in [2.75, 3.05) is 43.4 Å². The van der Waals surface area contributed by atoms with Gasteiger partial charge in [0.1, 0.15) is 0 Å². The lowest BCUT2D eigenvalue weighted by atomic mass is 10.1. The monoisotopic (exact) mass is 317 g/mol. The number of rotatable bonds is 8. The van der Waals surface area contributed by atoms with Crippen LogP contribution in [0, 0.1) is 0 Å². The quantitative estimate of drug-likeness (QED) is 0.793. The number of unbranched alkanes of at least 4 members (excludes halogenated alkanes) is 1. The van der Waals surface area contributed by atoms with Gasteiger partial charge in [-0.2, -0.15) is 0 Å². The highest BCUT2D eigenvalue weighted by atomic mass is 16.2. The van der Waals surface area contributed by atoms with E-state index in [-0.39, 0.29) is 5.91 Å². The standard InChI is InChI=1S/C19H31N3O/c1-3-4-14-21(2)19(23)12-13-20-17-8-10-18(11-9-17)22-15-6-5-7-16-22/h8-11,20H,3-7,12-16H2,1-2H3. The Morgan fingerprint density at radius 1 is 1.17 bits per heavy atom. The van der Waals surface area contributed by atoms with Crippen LogP contribution in [0.5, 0.6) is 0 Å². The van der Waals surface area contributed by atoms with Crippen LogP contribution in [0.3, 0.4) is 0 Å². The first-order valence-electron chi connectivity index (χ1n) is 9.03. The summed E-state index contributed by atoms with van der Waals surface area (Å²) in [6.45, 7) is 6.04. The summed E-state index contributed by atoms with van der Waals surface area (Å²) in [7, 11) is 1.89. The smallest absolute Gasteiger partial charge is 0.224 e. The van der Waals surface area contributed by atoms with Crippen molar-refractivity contribution >= 4 is 17.3 Å². The van der Waals surface area contributed by atoms with Gasteiger partial charge in [-0.1, -0.05) is 13.3 Å². The van der Waals surface area contributed by atoms with Crippen molar-refractivity contribution in [1.29, 1.82) is 0 Å². The molecule has 1 aromatic carbocycles. The molecule has 1 N–H and O–H groups in total. The second kappa shape index (κ2) is 9.43. The average Bonchev–Trinajstić information content (AvgIpc) is 2.61. The molecule has 0 spiro atoms. The Balaban J connectivity index is 1.72. The molecule has 0 aliphatic carbocycles. The van der Waals surface area contributed by atoms with Crippen molar-refractivity contribution in [2.45, 2.75) is 45.4 Å². The normalized spacial score (nSPS) is 14.6. The van der Waals surface area contributed by atoms with Gasteiger partial charge in [-0.15, -0.1) is 0 Å². The SMILES string of the molecule is CCCCN(C)C(=O)CCNc1ccc(N2CCCCC2)cc1. The van der Waals surface area contributed by atoms with Crippen molar-refractivity contribution < 1.29 is 4.79 Å². The van der Waals surface area contributed by atoms with E-state index in [4.69, 9.17) is 0 Å². The van der Waals surface area contributed by atoms with Crippen molar-refractivity contribution in [3.05, 3.63) is 24.3 Å². The van der Waals surface area contributed by atoms with Gasteiger partial charge in [0.15, 0.2) is 0 Å². The summed E-state index contributed by atoms with van der Waals surface area (Å²) >= 11 is 0. The minimum absolute atomic E-state index is 0.218. The Morgan fingerprint density at radius 2 is 1.87 bits per heavy atom. The van der Waals surface area contributed by atoms with Gasteiger partial charge in [-0.25, -0.2) is 0 Å². The molecule has 0 radical (unpaired) electrons. The molecule has 23 heavy (non-hydrogen) atoms. The summed E-state index contributed by atoms with van der Waals surface area (Å²) in [5, 5.41) is 3.35. The summed E-state index contributed by atoms with van der Waals surface area (Å²) in [6.07, 6.45) is 6.71. The van der Waals surface area contributed by atoms with Gasteiger partial charge in [-0.05, 0) is 49.9 Å². The maximum atomic E-state index is 12.0. The van der Waals surface area contributed by atoms with Crippen LogP contribution in [0.4, 0.5) is 11.4 Å². The van der Waals surface area contributed by atoms with Crippen LogP contribution in [0.15, 0.2) is 24.3 Å². The summed E-state index contributed by atoms with van der Waals surface area (Å²) in [4.78, 5) is 16.3. The van der Waals surface area contributed by atoms with Crippen LogP contribution < -0.4 is 10.2 Å². The van der Waals surface area contributed by atoms with E-state index in [0.29, 0.717) is 13.0 Å². The maximum absolute atomic E-state index is 12.0. The first-order chi connectivity index (χ1) is 11.2. The van der Waals surface area contributed by atoms with E-state index in [1.807, 2.05) is 11.9 Å². The fourth-order valence-corrected chi connectivity index (χ4v) is 2.97. The van der Waals surface area contributed by atoms with Crippen LogP contribution in [0.25, 0.3) is 0 Å². The highest BCUT2D eigenvalue weighted by Gasteiger charge is 2.11. The van der Waals surface area contributed by atoms with Crippen LogP contribution in [0.1, 0.15) is 45.4 Å². The third-order valence-corrected chi connectivity index (χ3v) is 4.53. The molecule has 0 saturated carbocycles. The number of hydrogen-bond acceptors (Lipinski definition) is 3. The van der Waals surface area contributed by atoms with Crippen molar-refractivity contribution in [1.82, 2.24) is 4.90 Å². The predicted molar refractivity (Wildman–Crippen MR) is 98.2 cm³/mol. The Morgan fingerprint density at radius 3 is 2.52 bits per heavy atom. The summed E-state index contributed by atoms with van der Waals surface area (Å²) in [6, 6.07) is 8.61. The molecule has 2 rings (SSSR count). The predicted octanol–water partition coefficient (Wildman–Crippen LogP) is 3.74. The van der Waals surface area contributed by atoms with Crippen LogP contribution in [-0.2, 0) is 4.79 Å². The molecule has 0 atom stereocenters. The number of carbonyl (C=O) groups is 1. The zero-order valence-electron chi connectivity index (χ0n) is 14.7. The lowest BCUT2D eigenvalue weighted by Gasteiger charge is -2.28. The molecule has 128 valence electrons. The van der Waals surface area contributed by atoms with Gasteiger partial charge in [-0.3, -0.25) is 4.79 Å². The van der Waals surface area contributed by atoms with E-state index in [0.717, 1.165) is 25.1 Å². The minimum atomic E-state index is 0.218. The largest absolute Gasteiger partial charge is 0.385 e. The van der Waals surface area contributed by atoms with E-state index >= 15 is 0 Å². The molecule has 0 bridgehead atoms. The number of amides is 1. The number of anilines is 2. The molecule has 1 fully saturated rings. The van der Waals surface area contributed by atoms with Crippen LogP contribution in [-0.4, -0.2) is 44.0 Å². The lowest BCUT2D eigenvalue weighted by Crippen LogP contribution is -2.29. The Hall–Kier alpha value is -1.71. The Labute approximate surface area is 140 Å². The molecule has 1 saturated heterocycles. The van der Waals surface area contributed by atoms with Gasteiger partial charge in [0.05, 0.1) is 0 Å². The first-order valence-corrected chi connectivity index (χ1v) is 9.03. The fraction of sp³-hybridized carbons (Fsp3) is 0.632. The molecule has 4 nitrogen and oxygen atoms in total. The molecule has 0 aromatic heterocycles. The third-order valence-electron chi connectivity index (χ3n) is 4.53. The maximum Gasteiger partial charge on any atom is 0.224 e. The number of carbonyl (C=O) groups excluding carboxylic acids is 1. The van der Waals surface area contributed by atoms with Crippen molar-refractivity contribution in [3.63, 3.8) is 0 Å². The number of nitrogens with one attached hydrogen (secondary N) is 1. The number of piperidine rings is 1. The van der Waals surface area contributed by atoms with Crippen molar-refractivity contribution in [2.24, 2.45) is 0 Å². The van der Waals surface area contributed by atoms with E-state index in [9.17, 15) is 4.79 Å². The summed E-state index contributed by atoms with van der Waals surface area (Å²) in [5.41, 5.74) is 2.40. The van der Waals surface area contributed by atoms with Crippen LogP contribution in [0.2, 0.25) is 0 Å². The zero-order chi connectivity index (χ0) is 16.5.